The number of hydrogen-bond acceptors (Lipinski definition) is 3. The molecule has 0 saturated carbocycles. The maximum atomic E-state index is 12.5. The van der Waals surface area contributed by atoms with E-state index in [0.29, 0.717) is 5.56 Å². The highest BCUT2D eigenvalue weighted by Gasteiger charge is 2.11. The van der Waals surface area contributed by atoms with Crippen molar-refractivity contribution in [2.75, 3.05) is 36.5 Å². The summed E-state index contributed by atoms with van der Waals surface area (Å²) in [5, 5.41) is 2.96. The van der Waals surface area contributed by atoms with Crippen molar-refractivity contribution in [1.82, 2.24) is 0 Å². The first-order valence-electron chi connectivity index (χ1n) is 9.44. The van der Waals surface area contributed by atoms with Gasteiger partial charge in [-0.1, -0.05) is 45.1 Å². The lowest BCUT2D eigenvalue weighted by atomic mass is 9.95. The van der Waals surface area contributed by atoms with E-state index in [4.69, 9.17) is 4.74 Å². The van der Waals surface area contributed by atoms with Gasteiger partial charge in [-0.05, 0) is 47.4 Å². The van der Waals surface area contributed by atoms with E-state index < -0.39 is 0 Å². The van der Waals surface area contributed by atoms with E-state index in [9.17, 15) is 4.79 Å². The summed E-state index contributed by atoms with van der Waals surface area (Å²) in [6, 6.07) is 15.6. The van der Waals surface area contributed by atoms with Crippen LogP contribution < -0.4 is 10.2 Å². The number of carbonyl (C=O) groups excluding carboxylic acids is 1. The topological polar surface area (TPSA) is 41.6 Å². The number of ether oxygens (including phenoxy) is 1. The lowest BCUT2D eigenvalue weighted by molar-refractivity contribution is 0.102. The van der Waals surface area contributed by atoms with Crippen molar-refractivity contribution in [2.45, 2.75) is 20.8 Å². The Kier molecular flexibility index (Phi) is 5.97. The molecule has 142 valence electrons. The maximum absolute atomic E-state index is 12.5. The van der Waals surface area contributed by atoms with Crippen LogP contribution in [0.4, 0.5) is 11.4 Å². The minimum absolute atomic E-state index is 0.0968. The average Bonchev–Trinajstić information content (AvgIpc) is 2.67. The quantitative estimate of drug-likeness (QED) is 0.844. The van der Waals surface area contributed by atoms with Crippen molar-refractivity contribution in [3.05, 3.63) is 65.7 Å². The molecule has 0 radical (unpaired) electrons. The minimum atomic E-state index is -0.0968. The third-order valence-electron chi connectivity index (χ3n) is 4.45. The Morgan fingerprint density at radius 3 is 2.22 bits per heavy atom. The van der Waals surface area contributed by atoms with Gasteiger partial charge in [-0.25, -0.2) is 0 Å². The zero-order valence-corrected chi connectivity index (χ0v) is 16.4. The molecule has 1 aliphatic rings. The molecule has 2 aromatic carbocycles. The molecule has 1 heterocycles. The molecule has 4 heteroatoms. The average molecular weight is 364 g/mol. The minimum Gasteiger partial charge on any atom is -0.378 e. The molecular formula is C23H28N2O2. The standard InChI is InChI=1S/C23H28N2O2/c1-23(2,3)13-12-18-4-6-19(7-5-18)22(26)24-20-8-10-21(11-9-20)25-14-16-27-17-15-25/h4-13H,14-17H2,1-3H3,(H,24,26). The number of benzene rings is 2. The van der Waals surface area contributed by atoms with Crippen molar-refractivity contribution in [3.63, 3.8) is 0 Å². The second kappa shape index (κ2) is 8.40. The highest BCUT2D eigenvalue weighted by Crippen LogP contribution is 2.20. The molecule has 0 aliphatic carbocycles. The summed E-state index contributed by atoms with van der Waals surface area (Å²) in [5.41, 5.74) is 3.85. The van der Waals surface area contributed by atoms with Crippen molar-refractivity contribution in [2.24, 2.45) is 5.41 Å². The molecule has 1 amide bonds. The van der Waals surface area contributed by atoms with Crippen LogP contribution in [0.1, 0.15) is 36.7 Å². The van der Waals surface area contributed by atoms with Crippen LogP contribution in [0.5, 0.6) is 0 Å². The number of hydrogen-bond donors (Lipinski definition) is 1. The molecule has 1 fully saturated rings. The van der Waals surface area contributed by atoms with Crippen LogP contribution in [-0.2, 0) is 4.74 Å². The lowest BCUT2D eigenvalue weighted by Gasteiger charge is -2.28. The molecule has 0 spiro atoms. The summed E-state index contributed by atoms with van der Waals surface area (Å²) < 4.78 is 5.38. The summed E-state index contributed by atoms with van der Waals surface area (Å²) >= 11 is 0. The molecule has 0 aromatic heterocycles. The normalized spacial score (nSPS) is 15.1. The van der Waals surface area contributed by atoms with Crippen LogP contribution in [0, 0.1) is 5.41 Å². The van der Waals surface area contributed by atoms with Crippen LogP contribution in [0.15, 0.2) is 54.6 Å². The summed E-state index contributed by atoms with van der Waals surface area (Å²) in [6.07, 6.45) is 4.25. The predicted octanol–water partition coefficient (Wildman–Crippen LogP) is 4.83. The van der Waals surface area contributed by atoms with E-state index >= 15 is 0 Å². The number of allylic oxidation sites excluding steroid dienone is 1. The molecule has 27 heavy (non-hydrogen) atoms. The third-order valence-corrected chi connectivity index (χ3v) is 4.45. The first kappa shape index (κ1) is 19.2. The smallest absolute Gasteiger partial charge is 0.255 e. The number of carbonyl (C=O) groups is 1. The maximum Gasteiger partial charge on any atom is 0.255 e. The molecule has 1 aliphatic heterocycles. The van der Waals surface area contributed by atoms with Crippen molar-refractivity contribution >= 4 is 23.4 Å². The van der Waals surface area contributed by atoms with Crippen molar-refractivity contribution in [3.8, 4) is 0 Å². The van der Waals surface area contributed by atoms with Gasteiger partial charge in [0, 0.05) is 30.0 Å². The molecule has 3 rings (SSSR count). The Morgan fingerprint density at radius 1 is 1.00 bits per heavy atom. The zero-order chi connectivity index (χ0) is 19.3. The van der Waals surface area contributed by atoms with Crippen LogP contribution in [-0.4, -0.2) is 32.2 Å². The molecule has 4 nitrogen and oxygen atoms in total. The van der Waals surface area contributed by atoms with Crippen LogP contribution >= 0.6 is 0 Å². The Hall–Kier alpha value is -2.59. The fraction of sp³-hybridized carbons (Fsp3) is 0.348. The number of amides is 1. The van der Waals surface area contributed by atoms with Gasteiger partial charge in [-0.2, -0.15) is 0 Å². The molecule has 0 bridgehead atoms. The van der Waals surface area contributed by atoms with Gasteiger partial charge in [0.25, 0.3) is 5.91 Å². The van der Waals surface area contributed by atoms with E-state index in [1.807, 2.05) is 48.5 Å². The number of anilines is 2. The molecule has 0 atom stereocenters. The van der Waals surface area contributed by atoms with E-state index in [2.05, 4.69) is 43.1 Å². The SMILES string of the molecule is CC(C)(C)C=Cc1ccc(C(=O)Nc2ccc(N3CCOCC3)cc2)cc1. The number of rotatable bonds is 4. The first-order valence-corrected chi connectivity index (χ1v) is 9.44. The Morgan fingerprint density at radius 2 is 1.63 bits per heavy atom. The fourth-order valence-electron chi connectivity index (χ4n) is 2.87. The lowest BCUT2D eigenvalue weighted by Crippen LogP contribution is -2.36. The second-order valence-corrected chi connectivity index (χ2v) is 7.92. The molecule has 1 saturated heterocycles. The van der Waals surface area contributed by atoms with Gasteiger partial charge in [-0.15, -0.1) is 0 Å². The highest BCUT2D eigenvalue weighted by atomic mass is 16.5. The summed E-state index contributed by atoms with van der Waals surface area (Å²) in [5.74, 6) is -0.0968. The Balaban J connectivity index is 1.60. The first-order chi connectivity index (χ1) is 12.9. The van der Waals surface area contributed by atoms with Gasteiger partial charge in [-0.3, -0.25) is 4.79 Å². The third kappa shape index (κ3) is 5.69. The summed E-state index contributed by atoms with van der Waals surface area (Å²) in [7, 11) is 0. The van der Waals surface area contributed by atoms with Gasteiger partial charge in [0.2, 0.25) is 0 Å². The Bertz CT molecular complexity index is 781. The number of morpholine rings is 1. The molecule has 2 aromatic rings. The fourth-order valence-corrected chi connectivity index (χ4v) is 2.87. The van der Waals surface area contributed by atoms with Gasteiger partial charge >= 0.3 is 0 Å². The van der Waals surface area contributed by atoms with Gasteiger partial charge in [0.15, 0.2) is 0 Å². The van der Waals surface area contributed by atoms with E-state index in [1.165, 1.54) is 0 Å². The molecule has 0 unspecified atom stereocenters. The van der Waals surface area contributed by atoms with Crippen molar-refractivity contribution in [1.29, 1.82) is 0 Å². The highest BCUT2D eigenvalue weighted by molar-refractivity contribution is 6.04. The number of nitrogens with zero attached hydrogens (tertiary/aromatic N) is 1. The number of nitrogens with one attached hydrogen (secondary N) is 1. The van der Waals surface area contributed by atoms with Gasteiger partial charge < -0.3 is 15.0 Å². The van der Waals surface area contributed by atoms with Crippen molar-refractivity contribution < 1.29 is 9.53 Å². The Labute approximate surface area is 161 Å². The van der Waals surface area contributed by atoms with Gasteiger partial charge in [0.1, 0.15) is 0 Å². The van der Waals surface area contributed by atoms with E-state index in [-0.39, 0.29) is 11.3 Å². The zero-order valence-electron chi connectivity index (χ0n) is 16.4. The summed E-state index contributed by atoms with van der Waals surface area (Å²) in [4.78, 5) is 14.8. The van der Waals surface area contributed by atoms with Crippen LogP contribution in [0.2, 0.25) is 0 Å². The molecule has 1 N–H and O–H groups in total. The van der Waals surface area contributed by atoms with E-state index in [0.717, 1.165) is 43.2 Å². The monoisotopic (exact) mass is 364 g/mol. The van der Waals surface area contributed by atoms with E-state index in [1.54, 1.807) is 0 Å². The molecular weight excluding hydrogens is 336 g/mol. The summed E-state index contributed by atoms with van der Waals surface area (Å²) in [6.45, 7) is 9.82. The second-order valence-electron chi connectivity index (χ2n) is 7.92. The van der Waals surface area contributed by atoms with Crippen LogP contribution in [0.3, 0.4) is 0 Å². The van der Waals surface area contributed by atoms with Crippen LogP contribution in [0.25, 0.3) is 6.08 Å². The van der Waals surface area contributed by atoms with Gasteiger partial charge in [0.05, 0.1) is 13.2 Å². The largest absolute Gasteiger partial charge is 0.378 e. The predicted molar refractivity (Wildman–Crippen MR) is 112 cm³/mol.